The highest BCUT2D eigenvalue weighted by Gasteiger charge is 2.28. The van der Waals surface area contributed by atoms with Crippen LogP contribution in [0.4, 0.5) is 0 Å². The van der Waals surface area contributed by atoms with Gasteiger partial charge in [-0.25, -0.2) is 0 Å². The minimum atomic E-state index is -3.35. The lowest BCUT2D eigenvalue weighted by Gasteiger charge is -2.24. The molecule has 0 aromatic carbocycles. The van der Waals surface area contributed by atoms with Gasteiger partial charge in [-0.2, -0.15) is 0 Å². The summed E-state index contributed by atoms with van der Waals surface area (Å²) < 4.78 is 24.4. The number of hydrogen-bond acceptors (Lipinski definition) is 4. The maximum absolute atomic E-state index is 13.0. The summed E-state index contributed by atoms with van der Waals surface area (Å²) in [6.07, 6.45) is 8.28. The smallest absolute Gasteiger partial charge is 0.331 e. The lowest BCUT2D eigenvalue weighted by Crippen LogP contribution is -2.14. The molecule has 0 aromatic heterocycles. The molecule has 0 heterocycles. The van der Waals surface area contributed by atoms with Crippen molar-refractivity contribution in [1.82, 2.24) is 0 Å². The van der Waals surface area contributed by atoms with E-state index in [4.69, 9.17) is 14.2 Å². The van der Waals surface area contributed by atoms with Gasteiger partial charge in [0, 0.05) is 0 Å². The highest BCUT2D eigenvalue weighted by Crippen LogP contribution is 2.50. The predicted octanol–water partition coefficient (Wildman–Crippen LogP) is 6.12. The van der Waals surface area contributed by atoms with Gasteiger partial charge in [-0.05, 0) is 24.7 Å². The van der Waals surface area contributed by atoms with Crippen LogP contribution in [0.5, 0.6) is 0 Å². The van der Waals surface area contributed by atoms with Gasteiger partial charge in [0.1, 0.15) is 0 Å². The average molecular weight is 378 g/mol. The average Bonchev–Trinajstić information content (AvgIpc) is 2.60. The third kappa shape index (κ3) is 12.6. The van der Waals surface area contributed by atoms with E-state index in [9.17, 15) is 9.36 Å². The van der Waals surface area contributed by atoms with E-state index in [-0.39, 0.29) is 12.6 Å². The maximum atomic E-state index is 13.0. The Morgan fingerprint density at radius 2 is 1.36 bits per heavy atom. The van der Waals surface area contributed by atoms with E-state index in [0.717, 1.165) is 51.4 Å². The summed E-state index contributed by atoms with van der Waals surface area (Å²) in [6, 6.07) is 0. The number of hydrogen-bond donors (Lipinski definition) is 1. The second-order valence-corrected chi connectivity index (χ2v) is 9.09. The van der Waals surface area contributed by atoms with Gasteiger partial charge >= 0.3 is 13.6 Å². The van der Waals surface area contributed by atoms with Crippen molar-refractivity contribution in [3.63, 3.8) is 0 Å². The van der Waals surface area contributed by atoms with Gasteiger partial charge in [-0.3, -0.25) is 9.36 Å². The van der Waals surface area contributed by atoms with Crippen LogP contribution in [0.1, 0.15) is 85.5 Å². The summed E-state index contributed by atoms with van der Waals surface area (Å²) in [5.74, 6) is -0.268. The lowest BCUT2D eigenvalue weighted by atomic mass is 10.0. The molecule has 0 aromatic rings. The number of unbranched alkanes of at least 4 members (excludes halogenated alkanes) is 2. The Morgan fingerprint density at radius 1 is 0.920 bits per heavy atom. The van der Waals surface area contributed by atoms with Crippen LogP contribution in [-0.2, 0) is 18.4 Å². The van der Waals surface area contributed by atoms with Crippen molar-refractivity contribution in [2.75, 3.05) is 19.4 Å². The van der Waals surface area contributed by atoms with Crippen LogP contribution in [0, 0.1) is 11.8 Å². The molecule has 0 saturated heterocycles. The molecule has 0 aliphatic carbocycles. The molecule has 2 unspecified atom stereocenters. The van der Waals surface area contributed by atoms with Crippen LogP contribution < -0.4 is 0 Å². The molecule has 0 radical (unpaired) electrons. The zero-order valence-electron chi connectivity index (χ0n) is 16.7. The molecule has 1 N–H and O–H groups in total. The van der Waals surface area contributed by atoms with Crippen molar-refractivity contribution >= 4 is 13.6 Å². The third-order valence-corrected chi connectivity index (χ3v) is 6.56. The number of carboxylic acids is 1. The second kappa shape index (κ2) is 14.8. The predicted molar refractivity (Wildman–Crippen MR) is 103 cm³/mol. The van der Waals surface area contributed by atoms with Crippen molar-refractivity contribution in [2.24, 2.45) is 11.8 Å². The Hall–Kier alpha value is -0.380. The summed E-state index contributed by atoms with van der Waals surface area (Å²) in [5, 5.41) is 8.92. The van der Waals surface area contributed by atoms with Gasteiger partial charge in [-0.15, -0.1) is 0 Å². The molecule has 2 atom stereocenters. The van der Waals surface area contributed by atoms with Gasteiger partial charge in [0.05, 0.1) is 25.8 Å². The summed E-state index contributed by atoms with van der Waals surface area (Å²) >= 11 is 0. The van der Waals surface area contributed by atoms with Crippen LogP contribution in [0.25, 0.3) is 0 Å². The van der Waals surface area contributed by atoms with Gasteiger partial charge < -0.3 is 14.2 Å². The second-order valence-electron chi connectivity index (χ2n) is 6.90. The number of aliphatic carboxylic acids is 1. The standard InChI is InChI=1S/C19H39O5P/c1-5-9-11-17(7-3)15-23-25(22,14-13-19(20)21)24-16-18(8-4)12-10-6-2/h17-18H,5-16H2,1-4H3,(H,20,21). The van der Waals surface area contributed by atoms with Gasteiger partial charge in [-0.1, -0.05) is 66.2 Å². The molecule has 0 aliphatic heterocycles. The van der Waals surface area contributed by atoms with Crippen LogP contribution in [0.3, 0.4) is 0 Å². The molecule has 0 spiro atoms. The first kappa shape index (κ1) is 24.6. The molecular formula is C19H39O5P. The monoisotopic (exact) mass is 378 g/mol. The maximum Gasteiger partial charge on any atom is 0.331 e. The van der Waals surface area contributed by atoms with Crippen molar-refractivity contribution < 1.29 is 23.5 Å². The molecule has 0 fully saturated rings. The third-order valence-electron chi connectivity index (χ3n) is 4.70. The number of rotatable bonds is 17. The van der Waals surface area contributed by atoms with E-state index >= 15 is 0 Å². The minimum absolute atomic E-state index is 0.0449. The first-order valence-electron chi connectivity index (χ1n) is 10.0. The molecule has 150 valence electrons. The van der Waals surface area contributed by atoms with Gasteiger partial charge in [0.25, 0.3) is 0 Å². The highest BCUT2D eigenvalue weighted by atomic mass is 31.2. The molecule has 0 saturated carbocycles. The normalized spacial score (nSPS) is 16.3. The van der Waals surface area contributed by atoms with E-state index < -0.39 is 13.6 Å². The van der Waals surface area contributed by atoms with Crippen LogP contribution in [0.2, 0.25) is 0 Å². The number of carbonyl (C=O) groups is 1. The first-order valence-corrected chi connectivity index (χ1v) is 11.7. The minimum Gasteiger partial charge on any atom is -0.481 e. The van der Waals surface area contributed by atoms with E-state index in [0.29, 0.717) is 25.0 Å². The fraction of sp³-hybridized carbons (Fsp3) is 0.947. The topological polar surface area (TPSA) is 72.8 Å². The van der Waals surface area contributed by atoms with Crippen molar-refractivity contribution in [3.8, 4) is 0 Å². The van der Waals surface area contributed by atoms with E-state index in [1.165, 1.54) is 0 Å². The van der Waals surface area contributed by atoms with Crippen molar-refractivity contribution in [1.29, 1.82) is 0 Å². The fourth-order valence-corrected chi connectivity index (χ4v) is 4.31. The van der Waals surface area contributed by atoms with Gasteiger partial charge in [0.15, 0.2) is 0 Å². The van der Waals surface area contributed by atoms with Crippen LogP contribution in [-0.4, -0.2) is 30.5 Å². The molecule has 6 heteroatoms. The van der Waals surface area contributed by atoms with Gasteiger partial charge in [0.2, 0.25) is 0 Å². The Balaban J connectivity index is 4.68. The molecule has 0 bridgehead atoms. The van der Waals surface area contributed by atoms with Crippen LogP contribution >= 0.6 is 7.60 Å². The first-order chi connectivity index (χ1) is 11.9. The van der Waals surface area contributed by atoms with Crippen LogP contribution in [0.15, 0.2) is 0 Å². The Bertz CT molecular complexity index is 362. The Kier molecular flexibility index (Phi) is 14.5. The molecule has 0 aliphatic rings. The highest BCUT2D eigenvalue weighted by molar-refractivity contribution is 7.53. The van der Waals surface area contributed by atoms with E-state index in [2.05, 4.69) is 27.7 Å². The van der Waals surface area contributed by atoms with E-state index in [1.54, 1.807) is 0 Å². The molecule has 0 amide bonds. The molecule has 5 nitrogen and oxygen atoms in total. The summed E-state index contributed by atoms with van der Waals surface area (Å²) in [4.78, 5) is 10.9. The van der Waals surface area contributed by atoms with Crippen molar-refractivity contribution in [2.45, 2.75) is 85.5 Å². The van der Waals surface area contributed by atoms with Crippen molar-refractivity contribution in [3.05, 3.63) is 0 Å². The SMILES string of the molecule is CCCCC(CC)COP(=O)(CCC(=O)O)OCC(CC)CCCC. The largest absolute Gasteiger partial charge is 0.481 e. The molecule has 0 rings (SSSR count). The zero-order valence-corrected chi connectivity index (χ0v) is 17.6. The molecular weight excluding hydrogens is 339 g/mol. The fourth-order valence-electron chi connectivity index (χ4n) is 2.63. The zero-order chi connectivity index (χ0) is 19.1. The summed E-state index contributed by atoms with van der Waals surface area (Å²) in [5.41, 5.74) is 0. The lowest BCUT2D eigenvalue weighted by molar-refractivity contribution is -0.136. The quantitative estimate of drug-likeness (QED) is 0.309. The molecule has 25 heavy (non-hydrogen) atoms. The summed E-state index contributed by atoms with van der Waals surface area (Å²) in [6.45, 7) is 9.28. The Labute approximate surface area is 154 Å². The number of carboxylic acid groups (broad SMARTS) is 1. The Morgan fingerprint density at radius 3 is 1.68 bits per heavy atom. The van der Waals surface area contributed by atoms with E-state index in [1.807, 2.05) is 0 Å². The summed E-state index contributed by atoms with van der Waals surface area (Å²) in [7, 11) is -3.35.